The van der Waals surface area contributed by atoms with Crippen molar-refractivity contribution in [1.82, 2.24) is 20.6 Å². The predicted octanol–water partition coefficient (Wildman–Crippen LogP) is 3.42. The number of nitrogens with zero attached hydrogens (tertiary/aromatic N) is 2. The van der Waals surface area contributed by atoms with Crippen LogP contribution < -0.4 is 10.6 Å². The van der Waals surface area contributed by atoms with E-state index in [1.54, 1.807) is 18.5 Å². The average molecular weight is 396 g/mol. The molecular formula is C24H20N4O2. The van der Waals surface area contributed by atoms with Crippen LogP contribution >= 0.6 is 0 Å². The Hall–Kier alpha value is -4.06. The average Bonchev–Trinajstić information content (AvgIpc) is 2.81. The molecule has 0 spiro atoms. The van der Waals surface area contributed by atoms with Crippen LogP contribution in [0.5, 0.6) is 0 Å². The van der Waals surface area contributed by atoms with Crippen LogP contribution in [0.4, 0.5) is 0 Å². The molecule has 0 radical (unpaired) electrons. The summed E-state index contributed by atoms with van der Waals surface area (Å²) in [7, 11) is 0. The molecule has 0 bridgehead atoms. The maximum absolute atomic E-state index is 12.9. The van der Waals surface area contributed by atoms with Gasteiger partial charge in [0.15, 0.2) is 0 Å². The van der Waals surface area contributed by atoms with Crippen molar-refractivity contribution in [2.24, 2.45) is 0 Å². The van der Waals surface area contributed by atoms with Gasteiger partial charge in [0.05, 0.1) is 5.52 Å². The Kier molecular flexibility index (Phi) is 5.75. The van der Waals surface area contributed by atoms with E-state index in [2.05, 4.69) is 20.6 Å². The molecule has 6 heteroatoms. The van der Waals surface area contributed by atoms with Crippen molar-refractivity contribution in [1.29, 1.82) is 0 Å². The van der Waals surface area contributed by atoms with Crippen molar-refractivity contribution in [2.45, 2.75) is 12.6 Å². The van der Waals surface area contributed by atoms with E-state index in [4.69, 9.17) is 0 Å². The number of benzene rings is 2. The molecule has 0 saturated heterocycles. The standard InChI is InChI=1S/C24H20N4O2/c29-23(21-11-10-18-6-4-5-9-20(18)27-21)28-22(19-7-2-1-3-8-19)24(30)26-16-17-12-14-25-15-13-17/h1-15,22H,16H2,(H,26,30)(H,28,29). The van der Waals surface area contributed by atoms with Gasteiger partial charge in [0.25, 0.3) is 5.91 Å². The van der Waals surface area contributed by atoms with Gasteiger partial charge in [-0.05, 0) is 35.4 Å². The topological polar surface area (TPSA) is 84.0 Å². The Morgan fingerprint density at radius 1 is 0.833 bits per heavy atom. The van der Waals surface area contributed by atoms with Crippen LogP contribution in [0.2, 0.25) is 0 Å². The molecule has 0 aliphatic rings. The number of hydrogen-bond donors (Lipinski definition) is 2. The quantitative estimate of drug-likeness (QED) is 0.523. The number of amides is 2. The van der Waals surface area contributed by atoms with E-state index in [-0.39, 0.29) is 11.6 Å². The van der Waals surface area contributed by atoms with E-state index in [0.29, 0.717) is 12.1 Å². The van der Waals surface area contributed by atoms with Gasteiger partial charge < -0.3 is 10.6 Å². The van der Waals surface area contributed by atoms with Crippen molar-refractivity contribution in [3.05, 3.63) is 108 Å². The van der Waals surface area contributed by atoms with Gasteiger partial charge in [0, 0.05) is 24.3 Å². The van der Waals surface area contributed by atoms with Gasteiger partial charge in [-0.15, -0.1) is 0 Å². The molecule has 2 heterocycles. The Labute approximate surface area is 174 Å². The fraction of sp³-hybridized carbons (Fsp3) is 0.0833. The number of fused-ring (bicyclic) bond motifs is 1. The van der Waals surface area contributed by atoms with E-state index in [0.717, 1.165) is 16.5 Å². The number of carbonyl (C=O) groups excluding carboxylic acids is 2. The van der Waals surface area contributed by atoms with E-state index in [1.807, 2.05) is 72.8 Å². The molecule has 0 saturated carbocycles. The zero-order valence-electron chi connectivity index (χ0n) is 16.2. The van der Waals surface area contributed by atoms with Crippen LogP contribution in [0.1, 0.15) is 27.7 Å². The van der Waals surface area contributed by atoms with E-state index < -0.39 is 11.9 Å². The summed E-state index contributed by atoms with van der Waals surface area (Å²) < 4.78 is 0. The summed E-state index contributed by atoms with van der Waals surface area (Å²) in [4.78, 5) is 34.2. The molecule has 6 nitrogen and oxygen atoms in total. The lowest BCUT2D eigenvalue weighted by Gasteiger charge is -2.19. The smallest absolute Gasteiger partial charge is 0.270 e. The highest BCUT2D eigenvalue weighted by Gasteiger charge is 2.23. The summed E-state index contributed by atoms with van der Waals surface area (Å²) in [5.74, 6) is -0.708. The van der Waals surface area contributed by atoms with Gasteiger partial charge in [-0.2, -0.15) is 0 Å². The van der Waals surface area contributed by atoms with Crippen molar-refractivity contribution >= 4 is 22.7 Å². The van der Waals surface area contributed by atoms with Gasteiger partial charge in [0.1, 0.15) is 11.7 Å². The van der Waals surface area contributed by atoms with Crippen molar-refractivity contribution < 1.29 is 9.59 Å². The third kappa shape index (κ3) is 4.50. The molecule has 1 atom stereocenters. The number of pyridine rings is 2. The number of hydrogen-bond acceptors (Lipinski definition) is 4. The molecule has 30 heavy (non-hydrogen) atoms. The molecule has 2 N–H and O–H groups in total. The van der Waals surface area contributed by atoms with Crippen LogP contribution in [0.25, 0.3) is 10.9 Å². The summed E-state index contributed by atoms with van der Waals surface area (Å²) in [5, 5.41) is 6.65. The van der Waals surface area contributed by atoms with Crippen molar-refractivity contribution in [3.63, 3.8) is 0 Å². The third-order valence-electron chi connectivity index (χ3n) is 4.72. The zero-order chi connectivity index (χ0) is 20.8. The second-order valence-electron chi connectivity index (χ2n) is 6.78. The molecule has 2 aromatic carbocycles. The van der Waals surface area contributed by atoms with Gasteiger partial charge in [0.2, 0.25) is 5.91 Å². The third-order valence-corrected chi connectivity index (χ3v) is 4.72. The zero-order valence-corrected chi connectivity index (χ0v) is 16.2. The minimum atomic E-state index is -0.839. The first-order valence-corrected chi connectivity index (χ1v) is 9.59. The molecule has 148 valence electrons. The highest BCUT2D eigenvalue weighted by Crippen LogP contribution is 2.16. The number of rotatable bonds is 6. The van der Waals surface area contributed by atoms with Gasteiger partial charge in [-0.3, -0.25) is 14.6 Å². The maximum Gasteiger partial charge on any atom is 0.270 e. The fourth-order valence-corrected chi connectivity index (χ4v) is 3.14. The van der Waals surface area contributed by atoms with E-state index in [9.17, 15) is 9.59 Å². The predicted molar refractivity (Wildman–Crippen MR) is 114 cm³/mol. The van der Waals surface area contributed by atoms with Gasteiger partial charge >= 0.3 is 0 Å². The Bertz CT molecular complexity index is 1160. The normalized spacial score (nSPS) is 11.6. The first-order valence-electron chi connectivity index (χ1n) is 9.59. The van der Waals surface area contributed by atoms with Crippen molar-refractivity contribution in [2.75, 3.05) is 0 Å². The number of aromatic nitrogens is 2. The number of para-hydroxylation sites is 1. The molecule has 2 amide bonds. The summed E-state index contributed by atoms with van der Waals surface area (Å²) in [6.07, 6.45) is 3.34. The minimum Gasteiger partial charge on any atom is -0.350 e. The van der Waals surface area contributed by atoms with Crippen LogP contribution in [0, 0.1) is 0 Å². The number of carbonyl (C=O) groups is 2. The second-order valence-corrected chi connectivity index (χ2v) is 6.78. The molecule has 0 aliphatic carbocycles. The Balaban J connectivity index is 1.54. The van der Waals surface area contributed by atoms with Crippen LogP contribution in [-0.4, -0.2) is 21.8 Å². The largest absolute Gasteiger partial charge is 0.350 e. The molecule has 4 rings (SSSR count). The Morgan fingerprint density at radius 2 is 1.57 bits per heavy atom. The van der Waals surface area contributed by atoms with E-state index >= 15 is 0 Å². The van der Waals surface area contributed by atoms with Crippen LogP contribution in [0.3, 0.4) is 0 Å². The first kappa shape index (κ1) is 19.3. The molecular weight excluding hydrogens is 376 g/mol. The molecule has 0 fully saturated rings. The monoisotopic (exact) mass is 396 g/mol. The lowest BCUT2D eigenvalue weighted by Crippen LogP contribution is -2.40. The Morgan fingerprint density at radius 3 is 2.37 bits per heavy atom. The first-order chi connectivity index (χ1) is 14.7. The lowest BCUT2D eigenvalue weighted by molar-refractivity contribution is -0.123. The van der Waals surface area contributed by atoms with Crippen LogP contribution in [0.15, 0.2) is 91.3 Å². The minimum absolute atomic E-state index is 0.261. The second kappa shape index (κ2) is 8.96. The molecule has 1 unspecified atom stereocenters. The van der Waals surface area contributed by atoms with Crippen LogP contribution in [-0.2, 0) is 11.3 Å². The summed E-state index contributed by atoms with van der Waals surface area (Å²) in [5.41, 5.74) is 2.60. The SMILES string of the molecule is O=C(NC(C(=O)NCc1ccncc1)c1ccccc1)c1ccc2ccccc2n1. The summed E-state index contributed by atoms with van der Waals surface area (Å²) >= 11 is 0. The lowest BCUT2D eigenvalue weighted by atomic mass is 10.1. The maximum atomic E-state index is 12.9. The summed E-state index contributed by atoms with van der Waals surface area (Å²) in [6, 6.07) is 23.0. The molecule has 0 aliphatic heterocycles. The highest BCUT2D eigenvalue weighted by molar-refractivity contribution is 5.98. The molecule has 2 aromatic heterocycles. The van der Waals surface area contributed by atoms with E-state index in [1.165, 1.54) is 0 Å². The summed E-state index contributed by atoms with van der Waals surface area (Å²) in [6.45, 7) is 0.342. The fourth-order valence-electron chi connectivity index (χ4n) is 3.14. The highest BCUT2D eigenvalue weighted by atomic mass is 16.2. The van der Waals surface area contributed by atoms with Crippen molar-refractivity contribution in [3.8, 4) is 0 Å². The van der Waals surface area contributed by atoms with Gasteiger partial charge in [-0.25, -0.2) is 4.98 Å². The van der Waals surface area contributed by atoms with Gasteiger partial charge in [-0.1, -0.05) is 54.6 Å². The number of nitrogens with one attached hydrogen (secondary N) is 2. The molecule has 4 aromatic rings.